The van der Waals surface area contributed by atoms with Crippen LogP contribution in [0.3, 0.4) is 0 Å². The van der Waals surface area contributed by atoms with E-state index in [0.29, 0.717) is 45.6 Å². The number of carbonyl (C=O) groups is 3. The lowest BCUT2D eigenvalue weighted by Crippen LogP contribution is -2.56. The fraction of sp³-hybridized carbons (Fsp3) is 0.423. The number of nitrogens with zero attached hydrogens (tertiary/aromatic N) is 3. The van der Waals surface area contributed by atoms with Crippen LogP contribution in [0.4, 0.5) is 4.39 Å². The van der Waals surface area contributed by atoms with Gasteiger partial charge in [0, 0.05) is 45.1 Å². The Kier molecular flexibility index (Phi) is 6.49. The van der Waals surface area contributed by atoms with Crippen molar-refractivity contribution in [3.8, 4) is 0 Å². The summed E-state index contributed by atoms with van der Waals surface area (Å²) in [4.78, 5) is 43.9. The molecule has 0 N–H and O–H groups in total. The van der Waals surface area contributed by atoms with Crippen molar-refractivity contribution in [2.75, 3.05) is 32.7 Å². The molecule has 2 fully saturated rings. The molecule has 2 aliphatic heterocycles. The SMILES string of the molecule is CC(=O)N1CCN(C(=O)C2(C)CCN(C(=O)c3ccccc3F)CC2)C[C@H]1c1ccccc1. The highest BCUT2D eigenvalue weighted by atomic mass is 19.1. The quantitative estimate of drug-likeness (QED) is 0.718. The molecule has 2 aromatic carbocycles. The Balaban J connectivity index is 1.44. The molecule has 0 spiro atoms. The predicted molar refractivity (Wildman–Crippen MR) is 123 cm³/mol. The highest BCUT2D eigenvalue weighted by Gasteiger charge is 2.43. The monoisotopic (exact) mass is 451 g/mol. The van der Waals surface area contributed by atoms with Crippen LogP contribution >= 0.6 is 0 Å². The molecule has 2 heterocycles. The largest absolute Gasteiger partial charge is 0.338 e. The van der Waals surface area contributed by atoms with E-state index in [2.05, 4.69) is 0 Å². The zero-order chi connectivity index (χ0) is 23.6. The van der Waals surface area contributed by atoms with Crippen molar-refractivity contribution in [1.29, 1.82) is 0 Å². The first-order valence-corrected chi connectivity index (χ1v) is 11.5. The van der Waals surface area contributed by atoms with Crippen molar-refractivity contribution in [1.82, 2.24) is 14.7 Å². The Morgan fingerprint density at radius 1 is 0.879 bits per heavy atom. The second-order valence-electron chi connectivity index (χ2n) is 9.22. The summed E-state index contributed by atoms with van der Waals surface area (Å²) in [6.07, 6.45) is 1.05. The van der Waals surface area contributed by atoms with Gasteiger partial charge in [0.1, 0.15) is 5.82 Å². The predicted octanol–water partition coefficient (Wildman–Crippen LogP) is 3.50. The number of piperidine rings is 1. The minimum Gasteiger partial charge on any atom is -0.338 e. The lowest BCUT2D eigenvalue weighted by atomic mass is 9.78. The topological polar surface area (TPSA) is 60.9 Å². The van der Waals surface area contributed by atoms with Gasteiger partial charge in [-0.05, 0) is 30.5 Å². The van der Waals surface area contributed by atoms with Gasteiger partial charge in [0.2, 0.25) is 11.8 Å². The molecular weight excluding hydrogens is 421 g/mol. The summed E-state index contributed by atoms with van der Waals surface area (Å²) >= 11 is 0. The first-order chi connectivity index (χ1) is 15.8. The third-order valence-electron chi connectivity index (χ3n) is 7.03. The summed E-state index contributed by atoms with van der Waals surface area (Å²) in [5.41, 5.74) is 0.491. The molecule has 3 amide bonds. The lowest BCUT2D eigenvalue weighted by molar-refractivity contribution is -0.150. The van der Waals surface area contributed by atoms with E-state index in [1.54, 1.807) is 24.0 Å². The van der Waals surface area contributed by atoms with Gasteiger partial charge < -0.3 is 14.7 Å². The van der Waals surface area contributed by atoms with E-state index < -0.39 is 11.2 Å². The minimum absolute atomic E-state index is 0.00197. The number of halogens is 1. The Hall–Kier alpha value is -3.22. The Morgan fingerprint density at radius 3 is 2.15 bits per heavy atom. The van der Waals surface area contributed by atoms with Gasteiger partial charge in [-0.1, -0.05) is 49.4 Å². The van der Waals surface area contributed by atoms with E-state index in [1.807, 2.05) is 47.1 Å². The van der Waals surface area contributed by atoms with Crippen molar-refractivity contribution in [2.24, 2.45) is 5.41 Å². The maximum absolute atomic E-state index is 14.0. The summed E-state index contributed by atoms with van der Waals surface area (Å²) in [7, 11) is 0. The summed E-state index contributed by atoms with van der Waals surface area (Å²) in [5, 5.41) is 0. The van der Waals surface area contributed by atoms with Crippen LogP contribution in [-0.4, -0.2) is 65.1 Å². The van der Waals surface area contributed by atoms with E-state index in [9.17, 15) is 18.8 Å². The molecule has 0 unspecified atom stereocenters. The Labute approximate surface area is 194 Å². The van der Waals surface area contributed by atoms with Gasteiger partial charge in [-0.2, -0.15) is 0 Å². The van der Waals surface area contributed by atoms with Gasteiger partial charge in [0.15, 0.2) is 0 Å². The molecule has 2 aliphatic rings. The third kappa shape index (κ3) is 4.63. The van der Waals surface area contributed by atoms with Gasteiger partial charge in [0.25, 0.3) is 5.91 Å². The number of hydrogen-bond acceptors (Lipinski definition) is 3. The highest BCUT2D eigenvalue weighted by Crippen LogP contribution is 2.36. The van der Waals surface area contributed by atoms with Gasteiger partial charge >= 0.3 is 0 Å². The molecule has 7 heteroatoms. The molecule has 0 aliphatic carbocycles. The number of amides is 3. The standard InChI is InChI=1S/C26H30FN3O3/c1-19(31)30-17-16-29(18-23(30)20-8-4-3-5-9-20)25(33)26(2)12-14-28(15-13-26)24(32)21-10-6-7-11-22(21)27/h3-11,23H,12-18H2,1-2H3/t23-/m0/s1. The summed E-state index contributed by atoms with van der Waals surface area (Å²) in [6, 6.07) is 15.6. The van der Waals surface area contributed by atoms with Crippen LogP contribution in [0.1, 0.15) is 48.7 Å². The van der Waals surface area contributed by atoms with E-state index in [4.69, 9.17) is 0 Å². The fourth-order valence-electron chi connectivity index (χ4n) is 4.91. The van der Waals surface area contributed by atoms with E-state index >= 15 is 0 Å². The minimum atomic E-state index is -0.592. The number of hydrogen-bond donors (Lipinski definition) is 0. The van der Waals surface area contributed by atoms with Gasteiger partial charge in [-0.3, -0.25) is 14.4 Å². The fourth-order valence-corrected chi connectivity index (χ4v) is 4.91. The maximum atomic E-state index is 14.0. The summed E-state index contributed by atoms with van der Waals surface area (Å²) in [5.74, 6) is -0.796. The number of benzene rings is 2. The van der Waals surface area contributed by atoms with Crippen LogP contribution < -0.4 is 0 Å². The van der Waals surface area contributed by atoms with Crippen molar-refractivity contribution in [2.45, 2.75) is 32.7 Å². The molecule has 1 atom stereocenters. The average Bonchev–Trinajstić information content (AvgIpc) is 2.84. The zero-order valence-corrected chi connectivity index (χ0v) is 19.2. The summed E-state index contributed by atoms with van der Waals surface area (Å²) < 4.78 is 14.0. The molecule has 4 rings (SSSR count). The second kappa shape index (κ2) is 9.33. The number of rotatable bonds is 3. The number of piperazine rings is 1. The number of carbonyl (C=O) groups excluding carboxylic acids is 3. The maximum Gasteiger partial charge on any atom is 0.256 e. The van der Waals surface area contributed by atoms with E-state index in [1.165, 1.54) is 12.1 Å². The zero-order valence-electron chi connectivity index (χ0n) is 19.2. The molecule has 0 saturated carbocycles. The van der Waals surface area contributed by atoms with Crippen molar-refractivity contribution in [3.05, 3.63) is 71.5 Å². The van der Waals surface area contributed by atoms with Crippen LogP contribution in [0.5, 0.6) is 0 Å². The van der Waals surface area contributed by atoms with Crippen molar-refractivity contribution < 1.29 is 18.8 Å². The first kappa shape index (κ1) is 23.0. The average molecular weight is 452 g/mol. The molecule has 2 aromatic rings. The van der Waals surface area contributed by atoms with Gasteiger partial charge in [-0.15, -0.1) is 0 Å². The Bertz CT molecular complexity index is 1030. The molecule has 0 bridgehead atoms. The van der Waals surface area contributed by atoms with Crippen LogP contribution in [0.2, 0.25) is 0 Å². The highest BCUT2D eigenvalue weighted by molar-refractivity contribution is 5.94. The third-order valence-corrected chi connectivity index (χ3v) is 7.03. The van der Waals surface area contributed by atoms with E-state index in [0.717, 1.165) is 5.56 Å². The number of likely N-dealkylation sites (tertiary alicyclic amines) is 1. The van der Waals surface area contributed by atoms with Crippen LogP contribution in [0.25, 0.3) is 0 Å². The van der Waals surface area contributed by atoms with E-state index in [-0.39, 0.29) is 29.3 Å². The van der Waals surface area contributed by atoms with Crippen LogP contribution in [-0.2, 0) is 9.59 Å². The Morgan fingerprint density at radius 2 is 1.52 bits per heavy atom. The molecule has 0 radical (unpaired) electrons. The first-order valence-electron chi connectivity index (χ1n) is 11.5. The second-order valence-corrected chi connectivity index (χ2v) is 9.22. The van der Waals surface area contributed by atoms with Crippen LogP contribution in [0.15, 0.2) is 54.6 Å². The lowest BCUT2D eigenvalue weighted by Gasteiger charge is -2.46. The van der Waals surface area contributed by atoms with Crippen molar-refractivity contribution >= 4 is 17.7 Å². The molecule has 2 saturated heterocycles. The van der Waals surface area contributed by atoms with Crippen LogP contribution in [0, 0.1) is 11.2 Å². The summed E-state index contributed by atoms with van der Waals surface area (Å²) in [6.45, 7) is 5.78. The smallest absolute Gasteiger partial charge is 0.256 e. The molecule has 33 heavy (non-hydrogen) atoms. The molecule has 0 aromatic heterocycles. The molecule has 174 valence electrons. The van der Waals surface area contributed by atoms with Gasteiger partial charge in [0.05, 0.1) is 11.6 Å². The van der Waals surface area contributed by atoms with Crippen molar-refractivity contribution in [3.63, 3.8) is 0 Å². The molecule has 6 nitrogen and oxygen atoms in total. The van der Waals surface area contributed by atoms with Gasteiger partial charge in [-0.25, -0.2) is 4.39 Å². The molecular formula is C26H30FN3O3. The normalized spacial score (nSPS) is 20.5.